The van der Waals surface area contributed by atoms with Crippen molar-refractivity contribution in [2.24, 2.45) is 0 Å². The number of nitrogens with zero attached hydrogens (tertiary/aromatic N) is 2. The first-order chi connectivity index (χ1) is 21.0. The quantitative estimate of drug-likeness (QED) is 0.132. The zero-order valence-electron chi connectivity index (χ0n) is 28.5. The standard InChI is InChI=1S/C18H23FNSi.C18H12NS.Ir/c1-12(2)15-10-17(20-11-18(15)21(4,5)6)14-8-7-13(3)9-16(14)19;1-12-9-10-19-16(11-12)15-7-4-6-14-13-5-2-3-8-17(13)20-18(14)15;/h7,9-12H,1-6H3;2-6,8-11H,1H3;/q2*-1;/i3D3,12D;;. The topological polar surface area (TPSA) is 25.8 Å². The third kappa shape index (κ3) is 6.79. The normalized spacial score (nSPS) is 13.3. The molecule has 6 heteroatoms. The third-order valence-corrected chi connectivity index (χ3v) is 10.1. The number of thiophene rings is 1. The summed E-state index contributed by atoms with van der Waals surface area (Å²) in [6, 6.07) is 26.9. The fraction of sp³-hybridized carbons (Fsp3) is 0.222. The van der Waals surface area contributed by atoms with E-state index in [1.165, 1.54) is 31.8 Å². The van der Waals surface area contributed by atoms with Crippen molar-refractivity contribution in [1.29, 1.82) is 0 Å². The van der Waals surface area contributed by atoms with E-state index in [0.717, 1.165) is 28.1 Å². The van der Waals surface area contributed by atoms with Crippen molar-refractivity contribution < 1.29 is 30.0 Å². The van der Waals surface area contributed by atoms with Crippen LogP contribution in [0.25, 0.3) is 42.7 Å². The molecule has 2 nitrogen and oxygen atoms in total. The Bertz CT molecular complexity index is 2010. The summed E-state index contributed by atoms with van der Waals surface area (Å²) in [7, 11) is -1.72. The maximum atomic E-state index is 14.5. The number of hydrogen-bond donors (Lipinski definition) is 0. The molecule has 0 aliphatic heterocycles. The predicted molar refractivity (Wildman–Crippen MR) is 176 cm³/mol. The van der Waals surface area contributed by atoms with Gasteiger partial charge in [0, 0.05) is 48.5 Å². The maximum absolute atomic E-state index is 14.5. The minimum atomic E-state index is -2.38. The Hall–Kier alpha value is -3.02. The Kier molecular flexibility index (Phi) is 8.29. The van der Waals surface area contributed by atoms with Gasteiger partial charge in [-0.25, -0.2) is 0 Å². The molecule has 3 heterocycles. The van der Waals surface area contributed by atoms with Crippen LogP contribution in [0.2, 0.25) is 19.6 Å². The van der Waals surface area contributed by atoms with Crippen molar-refractivity contribution in [3.63, 3.8) is 0 Å². The third-order valence-electron chi connectivity index (χ3n) is 6.91. The molecule has 6 rings (SSSR count). The number of hydrogen-bond acceptors (Lipinski definition) is 3. The summed E-state index contributed by atoms with van der Waals surface area (Å²) in [6.07, 6.45) is 3.60. The Morgan fingerprint density at radius 2 is 1.69 bits per heavy atom. The van der Waals surface area contributed by atoms with Gasteiger partial charge >= 0.3 is 0 Å². The van der Waals surface area contributed by atoms with Crippen molar-refractivity contribution in [3.8, 4) is 22.5 Å². The van der Waals surface area contributed by atoms with Crippen LogP contribution in [-0.2, 0) is 20.1 Å². The van der Waals surface area contributed by atoms with E-state index in [9.17, 15) is 4.39 Å². The average molecular weight is 771 g/mol. The summed E-state index contributed by atoms with van der Waals surface area (Å²) in [5.41, 5.74) is 4.56. The monoisotopic (exact) mass is 771 g/mol. The van der Waals surface area contributed by atoms with E-state index in [-0.39, 0.29) is 31.2 Å². The molecular weight excluding hydrogens is 732 g/mol. The van der Waals surface area contributed by atoms with Crippen LogP contribution in [0.5, 0.6) is 0 Å². The van der Waals surface area contributed by atoms with Crippen molar-refractivity contribution >= 4 is 44.8 Å². The molecule has 6 aromatic rings. The van der Waals surface area contributed by atoms with E-state index in [0.29, 0.717) is 5.69 Å². The Labute approximate surface area is 273 Å². The van der Waals surface area contributed by atoms with Gasteiger partial charge in [0.1, 0.15) is 0 Å². The van der Waals surface area contributed by atoms with Crippen molar-refractivity contribution in [2.75, 3.05) is 0 Å². The Morgan fingerprint density at radius 1 is 0.929 bits per heavy atom. The van der Waals surface area contributed by atoms with Gasteiger partial charge in [0.25, 0.3) is 0 Å². The number of aromatic nitrogens is 2. The van der Waals surface area contributed by atoms with Crippen LogP contribution in [0.1, 0.15) is 41.9 Å². The molecule has 0 N–H and O–H groups in total. The number of rotatable bonds is 4. The second kappa shape index (κ2) is 13.1. The molecule has 0 aliphatic carbocycles. The fourth-order valence-electron chi connectivity index (χ4n) is 4.82. The minimum absolute atomic E-state index is 0. The van der Waals surface area contributed by atoms with E-state index in [4.69, 9.17) is 5.48 Å². The molecule has 3 aromatic heterocycles. The number of pyridine rings is 2. The van der Waals surface area contributed by atoms with Crippen molar-refractivity contribution in [2.45, 2.75) is 53.2 Å². The van der Waals surface area contributed by atoms with Gasteiger partial charge in [0.15, 0.2) is 0 Å². The summed E-state index contributed by atoms with van der Waals surface area (Å²) < 4.78 is 47.6. The predicted octanol–water partition coefficient (Wildman–Crippen LogP) is 9.89. The Balaban J connectivity index is 0.000000208. The zero-order valence-corrected chi connectivity index (χ0v) is 28.7. The van der Waals surface area contributed by atoms with Crippen LogP contribution in [-0.4, -0.2) is 18.0 Å². The van der Waals surface area contributed by atoms with Gasteiger partial charge in [-0.3, -0.25) is 4.39 Å². The molecule has 0 fully saturated rings. The molecule has 0 saturated heterocycles. The zero-order chi connectivity index (χ0) is 32.7. The minimum Gasteiger partial charge on any atom is -0.305 e. The number of halogens is 1. The van der Waals surface area contributed by atoms with E-state index in [1.54, 1.807) is 26.1 Å². The summed E-state index contributed by atoms with van der Waals surface area (Å²) in [4.78, 5) is 8.89. The van der Waals surface area contributed by atoms with Gasteiger partial charge in [0.2, 0.25) is 0 Å². The summed E-state index contributed by atoms with van der Waals surface area (Å²) in [5, 5.41) is 3.67. The average Bonchev–Trinajstić information content (AvgIpc) is 3.35. The Morgan fingerprint density at radius 3 is 2.38 bits per heavy atom. The van der Waals surface area contributed by atoms with Gasteiger partial charge in [-0.2, -0.15) is 11.3 Å². The summed E-state index contributed by atoms with van der Waals surface area (Å²) in [6.45, 7) is 9.85. The van der Waals surface area contributed by atoms with E-state index < -0.39 is 26.6 Å². The molecule has 3 aromatic carbocycles. The van der Waals surface area contributed by atoms with Gasteiger partial charge in [-0.15, -0.1) is 47.5 Å². The SMILES string of the molecule is Cc1ccnc(-c2[c-]ccc3c2sc2ccccc23)c1.[2H]C([2H])([2H])c1c[c-]c(-c2cc(C([2H])(C)C)c([Si](C)(C)C)cn2)c(F)c1.[Ir]. The molecular formula is C36H35FIrN2SSi-2. The van der Waals surface area contributed by atoms with Crippen molar-refractivity contribution in [1.82, 2.24) is 9.97 Å². The first-order valence-corrected chi connectivity index (χ1v) is 17.8. The molecule has 0 spiro atoms. The van der Waals surface area contributed by atoms with Crippen LogP contribution < -0.4 is 5.19 Å². The number of fused-ring (bicyclic) bond motifs is 3. The molecule has 0 unspecified atom stereocenters. The van der Waals surface area contributed by atoms with Crippen molar-refractivity contribution in [3.05, 3.63) is 114 Å². The van der Waals surface area contributed by atoms with E-state index >= 15 is 0 Å². The molecule has 0 amide bonds. The van der Waals surface area contributed by atoms with Crippen LogP contribution >= 0.6 is 11.3 Å². The first kappa shape index (κ1) is 26.6. The van der Waals surface area contributed by atoms with E-state index in [1.807, 2.05) is 29.7 Å². The molecule has 1 radical (unpaired) electrons. The summed E-state index contributed by atoms with van der Waals surface area (Å²) in [5.74, 6) is -1.52. The smallest absolute Gasteiger partial charge is 0.0799 e. The second-order valence-electron chi connectivity index (χ2n) is 11.4. The first-order valence-electron chi connectivity index (χ1n) is 15.5. The largest absolute Gasteiger partial charge is 0.305 e. The molecule has 42 heavy (non-hydrogen) atoms. The number of aryl methyl sites for hydroxylation is 2. The van der Waals surface area contributed by atoms with Gasteiger partial charge in [-0.1, -0.05) is 92.7 Å². The van der Waals surface area contributed by atoms with Crippen LogP contribution in [0.3, 0.4) is 0 Å². The molecule has 217 valence electrons. The van der Waals surface area contributed by atoms with Crippen LogP contribution in [0, 0.1) is 31.7 Å². The van der Waals surface area contributed by atoms with E-state index in [2.05, 4.69) is 85.1 Å². The van der Waals surface area contributed by atoms with Gasteiger partial charge in [0.05, 0.1) is 8.07 Å². The van der Waals surface area contributed by atoms with Gasteiger partial charge in [-0.05, 0) is 51.6 Å². The summed E-state index contributed by atoms with van der Waals surface area (Å²) >= 11 is 1.82. The second-order valence-corrected chi connectivity index (χ2v) is 17.5. The molecule has 0 saturated carbocycles. The maximum Gasteiger partial charge on any atom is 0.0799 e. The van der Waals surface area contributed by atoms with Crippen LogP contribution in [0.15, 0.2) is 79.1 Å². The molecule has 0 bridgehead atoms. The number of benzene rings is 3. The fourth-order valence-corrected chi connectivity index (χ4v) is 7.61. The molecule has 0 atom stereocenters. The van der Waals surface area contributed by atoms with Crippen LogP contribution in [0.4, 0.5) is 4.39 Å². The van der Waals surface area contributed by atoms with Gasteiger partial charge < -0.3 is 9.97 Å². The molecule has 0 aliphatic rings.